The van der Waals surface area contributed by atoms with Crippen molar-refractivity contribution in [3.05, 3.63) is 125 Å². The maximum Gasteiger partial charge on any atom is 0.123 e. The molecule has 0 saturated heterocycles. The van der Waals surface area contributed by atoms with Crippen LogP contribution < -0.4 is 0 Å². The lowest BCUT2D eigenvalue weighted by atomic mass is 9.91. The second-order valence-corrected chi connectivity index (χ2v) is 8.11. The van der Waals surface area contributed by atoms with E-state index in [1.54, 1.807) is 12.1 Å². The van der Waals surface area contributed by atoms with Crippen LogP contribution in [0.4, 0.5) is 4.39 Å². The number of aryl methyl sites for hydroxylation is 2. The maximum atomic E-state index is 13.2. The zero-order chi connectivity index (χ0) is 21.5. The first kappa shape index (κ1) is 21.8. The minimum atomic E-state index is -0.178. The van der Waals surface area contributed by atoms with E-state index in [0.717, 1.165) is 36.8 Å². The summed E-state index contributed by atoms with van der Waals surface area (Å²) in [6.45, 7) is 12.1. The van der Waals surface area contributed by atoms with E-state index in [-0.39, 0.29) is 5.82 Å². The number of allylic oxidation sites excluding steroid dienone is 8. The van der Waals surface area contributed by atoms with Crippen molar-refractivity contribution in [3.8, 4) is 0 Å². The molecule has 0 saturated carbocycles. The topological polar surface area (TPSA) is 0 Å². The molecule has 3 rings (SSSR count). The maximum absolute atomic E-state index is 13.2. The largest absolute Gasteiger partial charge is 0.207 e. The Kier molecular flexibility index (Phi) is 7.41. The van der Waals surface area contributed by atoms with Crippen LogP contribution in [0.3, 0.4) is 0 Å². The van der Waals surface area contributed by atoms with Gasteiger partial charge in [0.1, 0.15) is 5.82 Å². The molecule has 154 valence electrons. The zero-order valence-corrected chi connectivity index (χ0v) is 18.2. The molecule has 0 N–H and O–H groups in total. The molecule has 0 heterocycles. The molecule has 0 bridgehead atoms. The average molecular weight is 399 g/mol. The van der Waals surface area contributed by atoms with Gasteiger partial charge in [0.15, 0.2) is 0 Å². The second-order valence-electron chi connectivity index (χ2n) is 8.11. The Morgan fingerprint density at radius 1 is 0.967 bits per heavy atom. The van der Waals surface area contributed by atoms with Crippen LogP contribution in [0.25, 0.3) is 5.57 Å². The van der Waals surface area contributed by atoms with Crippen LogP contribution in [-0.2, 0) is 12.8 Å². The Hall–Kier alpha value is -2.93. The molecule has 0 unspecified atom stereocenters. The summed E-state index contributed by atoms with van der Waals surface area (Å²) < 4.78 is 13.2. The van der Waals surface area contributed by atoms with E-state index >= 15 is 0 Å². The molecule has 0 spiro atoms. The van der Waals surface area contributed by atoms with Crippen LogP contribution >= 0.6 is 0 Å². The summed E-state index contributed by atoms with van der Waals surface area (Å²) in [5.41, 5.74) is 10.1. The molecule has 0 aromatic heterocycles. The van der Waals surface area contributed by atoms with Crippen molar-refractivity contribution in [2.24, 2.45) is 0 Å². The van der Waals surface area contributed by atoms with Crippen LogP contribution in [0.5, 0.6) is 0 Å². The fourth-order valence-corrected chi connectivity index (χ4v) is 3.99. The molecule has 2 aromatic carbocycles. The van der Waals surface area contributed by atoms with Crippen LogP contribution in [0.1, 0.15) is 49.8 Å². The van der Waals surface area contributed by atoms with E-state index in [2.05, 4.69) is 56.5 Å². The average Bonchev–Trinajstić information content (AvgIpc) is 3.23. The van der Waals surface area contributed by atoms with E-state index in [4.69, 9.17) is 0 Å². The summed E-state index contributed by atoms with van der Waals surface area (Å²) in [5.74, 6) is -0.178. The van der Waals surface area contributed by atoms with Crippen LogP contribution in [0, 0.1) is 5.82 Å². The Bertz CT molecular complexity index is 1010. The first-order valence-corrected chi connectivity index (χ1v) is 10.7. The number of benzene rings is 2. The molecular weight excluding hydrogens is 367 g/mol. The van der Waals surface area contributed by atoms with Crippen molar-refractivity contribution in [2.45, 2.75) is 46.0 Å². The number of hydrogen-bond donors (Lipinski definition) is 0. The van der Waals surface area contributed by atoms with Gasteiger partial charge in [0, 0.05) is 0 Å². The monoisotopic (exact) mass is 398 g/mol. The standard InChI is InChI=1S/C29H31F/c1-21(2)22(3)9-7-10-23(4)27-13-8-14-29(27)28-12-6-5-11-25(28)18-15-24-16-19-26(30)20-17-24/h5-7,9-12,16-17,19-20H,1,3,8,13-15,18H2,2,4H3/b9-7-,23-10+. The van der Waals surface area contributed by atoms with Crippen LogP contribution in [0.2, 0.25) is 0 Å². The highest BCUT2D eigenvalue weighted by atomic mass is 19.1. The predicted molar refractivity (Wildman–Crippen MR) is 128 cm³/mol. The van der Waals surface area contributed by atoms with Gasteiger partial charge in [0.05, 0.1) is 0 Å². The van der Waals surface area contributed by atoms with Crippen LogP contribution in [0.15, 0.2) is 102 Å². The summed E-state index contributed by atoms with van der Waals surface area (Å²) in [6, 6.07) is 15.6. The number of halogens is 1. The quantitative estimate of drug-likeness (QED) is 0.393. The van der Waals surface area contributed by atoms with Crippen molar-refractivity contribution < 1.29 is 4.39 Å². The summed E-state index contributed by atoms with van der Waals surface area (Å²) in [7, 11) is 0. The van der Waals surface area contributed by atoms with Crippen LogP contribution in [-0.4, -0.2) is 0 Å². The Balaban J connectivity index is 1.83. The molecule has 0 amide bonds. The third-order valence-electron chi connectivity index (χ3n) is 5.82. The zero-order valence-electron chi connectivity index (χ0n) is 18.2. The van der Waals surface area contributed by atoms with E-state index in [1.165, 1.54) is 39.8 Å². The lowest BCUT2D eigenvalue weighted by Crippen LogP contribution is -1.98. The van der Waals surface area contributed by atoms with Gasteiger partial charge in [0.25, 0.3) is 0 Å². The summed E-state index contributed by atoms with van der Waals surface area (Å²) in [5, 5.41) is 0. The van der Waals surface area contributed by atoms with Gasteiger partial charge < -0.3 is 0 Å². The smallest absolute Gasteiger partial charge is 0.123 e. The molecule has 2 aromatic rings. The number of hydrogen-bond acceptors (Lipinski definition) is 0. The molecule has 1 heteroatoms. The lowest BCUT2D eigenvalue weighted by Gasteiger charge is -2.14. The van der Waals surface area contributed by atoms with Gasteiger partial charge in [-0.15, -0.1) is 0 Å². The normalized spacial score (nSPS) is 14.6. The third kappa shape index (κ3) is 5.57. The lowest BCUT2D eigenvalue weighted by molar-refractivity contribution is 0.627. The van der Waals surface area contributed by atoms with E-state index in [0.29, 0.717) is 0 Å². The SMILES string of the molecule is C=C(C)C(=C)/C=C\C=C(/C)C1=C(c2ccccc2CCc2ccc(F)cc2)CCC1. The Morgan fingerprint density at radius 2 is 1.70 bits per heavy atom. The minimum absolute atomic E-state index is 0.178. The van der Waals surface area contributed by atoms with Gasteiger partial charge in [-0.3, -0.25) is 0 Å². The molecule has 30 heavy (non-hydrogen) atoms. The molecule has 0 nitrogen and oxygen atoms in total. The fraction of sp³-hybridized carbons (Fsp3) is 0.241. The molecule has 1 aliphatic rings. The van der Waals surface area contributed by atoms with Crippen molar-refractivity contribution in [2.75, 3.05) is 0 Å². The molecule has 0 aliphatic heterocycles. The van der Waals surface area contributed by atoms with E-state index in [9.17, 15) is 4.39 Å². The Labute approximate surface area is 180 Å². The molecule has 1 aliphatic carbocycles. The molecular formula is C29H31F. The Morgan fingerprint density at radius 3 is 2.43 bits per heavy atom. The first-order valence-electron chi connectivity index (χ1n) is 10.7. The van der Waals surface area contributed by atoms with E-state index in [1.807, 2.05) is 25.1 Å². The summed E-state index contributed by atoms with van der Waals surface area (Å²) in [4.78, 5) is 0. The van der Waals surface area contributed by atoms with Crippen molar-refractivity contribution >= 4 is 5.57 Å². The summed E-state index contributed by atoms with van der Waals surface area (Å²) >= 11 is 0. The van der Waals surface area contributed by atoms with Gasteiger partial charge in [-0.25, -0.2) is 4.39 Å². The van der Waals surface area contributed by atoms with Crippen molar-refractivity contribution in [1.29, 1.82) is 0 Å². The second kappa shape index (κ2) is 10.2. The predicted octanol–water partition coefficient (Wildman–Crippen LogP) is 8.18. The minimum Gasteiger partial charge on any atom is -0.207 e. The highest BCUT2D eigenvalue weighted by Gasteiger charge is 2.19. The number of rotatable bonds is 8. The first-order chi connectivity index (χ1) is 14.5. The third-order valence-corrected chi connectivity index (χ3v) is 5.82. The van der Waals surface area contributed by atoms with Gasteiger partial charge in [0.2, 0.25) is 0 Å². The fourth-order valence-electron chi connectivity index (χ4n) is 3.99. The highest BCUT2D eigenvalue weighted by molar-refractivity contribution is 5.76. The molecule has 0 radical (unpaired) electrons. The van der Waals surface area contributed by atoms with Gasteiger partial charge in [-0.2, -0.15) is 0 Å². The van der Waals surface area contributed by atoms with Gasteiger partial charge in [-0.05, 0) is 97.1 Å². The summed E-state index contributed by atoms with van der Waals surface area (Å²) in [6.07, 6.45) is 11.6. The van der Waals surface area contributed by atoms with Crippen molar-refractivity contribution in [1.82, 2.24) is 0 Å². The van der Waals surface area contributed by atoms with Gasteiger partial charge in [-0.1, -0.05) is 73.4 Å². The molecule has 0 atom stereocenters. The van der Waals surface area contributed by atoms with E-state index < -0.39 is 0 Å². The highest BCUT2D eigenvalue weighted by Crippen LogP contribution is 2.39. The van der Waals surface area contributed by atoms with Crippen molar-refractivity contribution in [3.63, 3.8) is 0 Å². The van der Waals surface area contributed by atoms with Gasteiger partial charge >= 0.3 is 0 Å². The molecule has 0 fully saturated rings.